The molecule has 5 nitrogen and oxygen atoms in total. The van der Waals surface area contributed by atoms with E-state index >= 15 is 0 Å². The van der Waals surface area contributed by atoms with Crippen molar-refractivity contribution < 1.29 is 8.42 Å². The second-order valence-corrected chi connectivity index (χ2v) is 11.1. The molecule has 2 aliphatic heterocycles. The monoisotopic (exact) mass is 391 g/mol. The topological polar surface area (TPSA) is 43.9 Å². The van der Waals surface area contributed by atoms with Gasteiger partial charge in [0.1, 0.15) is 0 Å². The number of rotatable bonds is 4. The molecule has 0 bridgehead atoms. The predicted molar refractivity (Wildman–Crippen MR) is 109 cm³/mol. The van der Waals surface area contributed by atoms with E-state index in [1.54, 1.807) is 18.4 Å². The van der Waals surface area contributed by atoms with E-state index in [1.165, 1.54) is 47.7 Å². The zero-order chi connectivity index (χ0) is 19.1. The van der Waals surface area contributed by atoms with Crippen molar-refractivity contribution in [2.75, 3.05) is 40.3 Å². The van der Waals surface area contributed by atoms with Crippen molar-refractivity contribution in [3.8, 4) is 0 Å². The second-order valence-electron chi connectivity index (χ2n) is 8.95. The summed E-state index contributed by atoms with van der Waals surface area (Å²) in [5.74, 6) is 0.878. The first-order valence-corrected chi connectivity index (χ1v) is 11.8. The highest BCUT2D eigenvalue weighted by Crippen LogP contribution is 2.43. The Kier molecular flexibility index (Phi) is 5.36. The molecular weight excluding hydrogens is 358 g/mol. The molecule has 0 N–H and O–H groups in total. The van der Waals surface area contributed by atoms with Crippen LogP contribution in [-0.2, 0) is 22.2 Å². The molecule has 1 aromatic carbocycles. The van der Waals surface area contributed by atoms with E-state index in [-0.39, 0.29) is 5.41 Å². The molecule has 27 heavy (non-hydrogen) atoms. The molecule has 4 rings (SSSR count). The van der Waals surface area contributed by atoms with Gasteiger partial charge in [-0.2, -0.15) is 17.0 Å². The lowest BCUT2D eigenvalue weighted by Crippen LogP contribution is -2.55. The molecule has 3 aliphatic rings. The van der Waals surface area contributed by atoms with Crippen molar-refractivity contribution in [1.29, 1.82) is 0 Å². The van der Waals surface area contributed by atoms with Crippen molar-refractivity contribution >= 4 is 10.2 Å². The maximum Gasteiger partial charge on any atom is 0.281 e. The first-order chi connectivity index (χ1) is 12.9. The number of fused-ring (bicyclic) bond motifs is 2. The molecule has 1 aromatic rings. The number of likely N-dealkylation sites (tertiary alicyclic amines) is 1. The van der Waals surface area contributed by atoms with Crippen LogP contribution >= 0.6 is 0 Å². The fraction of sp³-hybridized carbons (Fsp3) is 0.714. The third kappa shape index (κ3) is 3.69. The molecule has 150 valence electrons. The summed E-state index contributed by atoms with van der Waals surface area (Å²) in [6.45, 7) is 4.50. The number of hydrogen-bond donors (Lipinski definition) is 0. The summed E-state index contributed by atoms with van der Waals surface area (Å²) in [4.78, 5) is 2.63. The molecule has 0 unspecified atom stereocenters. The van der Waals surface area contributed by atoms with Gasteiger partial charge >= 0.3 is 0 Å². The fourth-order valence-corrected chi connectivity index (χ4v) is 6.56. The van der Waals surface area contributed by atoms with Crippen molar-refractivity contribution in [3.63, 3.8) is 0 Å². The van der Waals surface area contributed by atoms with Gasteiger partial charge in [0.2, 0.25) is 0 Å². The van der Waals surface area contributed by atoms with Crippen LogP contribution in [0, 0.1) is 5.92 Å². The average molecular weight is 392 g/mol. The molecule has 2 heterocycles. The summed E-state index contributed by atoms with van der Waals surface area (Å²) < 4.78 is 28.8. The van der Waals surface area contributed by atoms with E-state index in [4.69, 9.17) is 0 Å². The van der Waals surface area contributed by atoms with Crippen LogP contribution in [0.15, 0.2) is 24.3 Å². The fourth-order valence-electron chi connectivity index (χ4n) is 5.39. The van der Waals surface area contributed by atoms with Gasteiger partial charge in [-0.1, -0.05) is 37.1 Å². The molecule has 0 amide bonds. The smallest absolute Gasteiger partial charge is 0.281 e. The summed E-state index contributed by atoms with van der Waals surface area (Å²) in [6, 6.07) is 8.50. The number of nitrogens with zero attached hydrogens (tertiary/aromatic N) is 3. The lowest BCUT2D eigenvalue weighted by atomic mass is 9.69. The highest BCUT2D eigenvalue weighted by atomic mass is 32.2. The molecule has 0 aromatic heterocycles. The van der Waals surface area contributed by atoms with Gasteiger partial charge in [0.05, 0.1) is 0 Å². The summed E-state index contributed by atoms with van der Waals surface area (Å²) in [5.41, 5.74) is 2.53. The normalized spacial score (nSPS) is 24.6. The van der Waals surface area contributed by atoms with Gasteiger partial charge in [-0.3, -0.25) is 0 Å². The molecule has 0 atom stereocenters. The Morgan fingerprint density at radius 1 is 1.11 bits per heavy atom. The molecule has 0 radical (unpaired) electrons. The highest BCUT2D eigenvalue weighted by Gasteiger charge is 2.45. The Balaban J connectivity index is 1.55. The lowest BCUT2D eigenvalue weighted by molar-refractivity contribution is 0.115. The van der Waals surface area contributed by atoms with E-state index < -0.39 is 10.2 Å². The van der Waals surface area contributed by atoms with E-state index in [9.17, 15) is 8.42 Å². The number of hydrogen-bond acceptors (Lipinski definition) is 3. The average Bonchev–Trinajstić information content (AvgIpc) is 3.16. The number of piperidine rings is 1. The molecule has 1 saturated heterocycles. The van der Waals surface area contributed by atoms with Gasteiger partial charge in [-0.25, -0.2) is 0 Å². The Labute approximate surface area is 164 Å². The SMILES string of the molecule is CN(C)S(=O)(=O)N1Cc2ccccc2C2(CCN(CC3CCCC3)CC2)C1. The zero-order valence-electron chi connectivity index (χ0n) is 16.7. The van der Waals surface area contributed by atoms with Gasteiger partial charge in [0.25, 0.3) is 10.2 Å². The summed E-state index contributed by atoms with van der Waals surface area (Å²) in [6.07, 6.45) is 7.67. The standard InChI is InChI=1S/C21H33N3O2S/c1-22(2)27(25,26)24-16-19-9-5-6-10-20(19)21(17-24)11-13-23(14-12-21)15-18-7-3-4-8-18/h5-6,9-10,18H,3-4,7-8,11-17H2,1-2H3. The minimum Gasteiger partial charge on any atom is -0.303 e. The lowest BCUT2D eigenvalue weighted by Gasteiger charge is -2.48. The minimum atomic E-state index is -3.40. The summed E-state index contributed by atoms with van der Waals surface area (Å²) >= 11 is 0. The maximum atomic E-state index is 12.9. The van der Waals surface area contributed by atoms with Crippen LogP contribution in [0.2, 0.25) is 0 Å². The molecule has 1 saturated carbocycles. The van der Waals surface area contributed by atoms with E-state index in [0.29, 0.717) is 13.1 Å². The third-order valence-corrected chi connectivity index (χ3v) is 8.84. The van der Waals surface area contributed by atoms with E-state index in [2.05, 4.69) is 23.1 Å². The Morgan fingerprint density at radius 3 is 2.44 bits per heavy atom. The van der Waals surface area contributed by atoms with Gasteiger partial charge in [-0.05, 0) is 55.8 Å². The minimum absolute atomic E-state index is 0.0376. The quantitative estimate of drug-likeness (QED) is 0.793. The molecule has 1 aliphatic carbocycles. The largest absolute Gasteiger partial charge is 0.303 e. The first-order valence-electron chi connectivity index (χ1n) is 10.4. The predicted octanol–water partition coefficient (Wildman–Crippen LogP) is 2.83. The second kappa shape index (κ2) is 7.47. The van der Waals surface area contributed by atoms with Crippen molar-refractivity contribution in [2.24, 2.45) is 5.92 Å². The van der Waals surface area contributed by atoms with Crippen molar-refractivity contribution in [1.82, 2.24) is 13.5 Å². The van der Waals surface area contributed by atoms with Gasteiger partial charge in [-0.15, -0.1) is 0 Å². The van der Waals surface area contributed by atoms with Crippen LogP contribution in [0.1, 0.15) is 49.7 Å². The van der Waals surface area contributed by atoms with Crippen LogP contribution in [-0.4, -0.2) is 62.2 Å². The Hall–Kier alpha value is -0.950. The Bertz CT molecular complexity index is 763. The van der Waals surface area contributed by atoms with E-state index in [1.807, 2.05) is 6.07 Å². The van der Waals surface area contributed by atoms with Gasteiger partial charge in [0.15, 0.2) is 0 Å². The Morgan fingerprint density at radius 2 is 1.78 bits per heavy atom. The summed E-state index contributed by atoms with van der Waals surface area (Å²) in [5, 5.41) is 0. The van der Waals surface area contributed by atoms with Crippen LogP contribution < -0.4 is 0 Å². The highest BCUT2D eigenvalue weighted by molar-refractivity contribution is 7.86. The van der Waals surface area contributed by atoms with Crippen LogP contribution in [0.5, 0.6) is 0 Å². The van der Waals surface area contributed by atoms with Crippen molar-refractivity contribution in [3.05, 3.63) is 35.4 Å². The zero-order valence-corrected chi connectivity index (χ0v) is 17.5. The maximum absolute atomic E-state index is 12.9. The van der Waals surface area contributed by atoms with Crippen LogP contribution in [0.25, 0.3) is 0 Å². The third-order valence-electron chi connectivity index (χ3n) is 7.01. The van der Waals surface area contributed by atoms with Gasteiger partial charge < -0.3 is 4.90 Å². The van der Waals surface area contributed by atoms with E-state index in [0.717, 1.165) is 31.8 Å². The first kappa shape index (κ1) is 19.4. The van der Waals surface area contributed by atoms with Gasteiger partial charge in [0, 0.05) is 39.1 Å². The molecule has 2 fully saturated rings. The molecule has 6 heteroatoms. The molecular formula is C21H33N3O2S. The van der Waals surface area contributed by atoms with Crippen molar-refractivity contribution in [2.45, 2.75) is 50.5 Å². The summed E-state index contributed by atoms with van der Waals surface area (Å²) in [7, 11) is -0.134. The molecule has 1 spiro atoms. The number of benzene rings is 1. The van der Waals surface area contributed by atoms with Crippen LogP contribution in [0.4, 0.5) is 0 Å². The van der Waals surface area contributed by atoms with Crippen LogP contribution in [0.3, 0.4) is 0 Å².